The normalized spacial score (nSPS) is 18.2. The Balaban J connectivity index is 2.18. The van der Waals surface area contributed by atoms with E-state index in [1.807, 2.05) is 13.1 Å². The summed E-state index contributed by atoms with van der Waals surface area (Å²) in [6, 6.07) is 3.55. The molecule has 1 unspecified atom stereocenters. The summed E-state index contributed by atoms with van der Waals surface area (Å²) >= 11 is 6.18. The lowest BCUT2D eigenvalue weighted by atomic mass is 9.93. The largest absolute Gasteiger partial charge is 0.313 e. The van der Waals surface area contributed by atoms with E-state index in [0.29, 0.717) is 10.6 Å². The molecule has 18 heavy (non-hydrogen) atoms. The van der Waals surface area contributed by atoms with Crippen LogP contribution in [0.4, 0.5) is 4.39 Å². The van der Waals surface area contributed by atoms with Crippen molar-refractivity contribution in [1.29, 1.82) is 0 Å². The second-order valence-corrected chi connectivity index (χ2v) is 5.76. The molecule has 100 valence electrons. The monoisotopic (exact) mass is 269 g/mol. The first-order valence-electron chi connectivity index (χ1n) is 6.74. The van der Waals surface area contributed by atoms with E-state index in [2.05, 4.69) is 5.32 Å². The molecule has 1 N–H and O–H groups in total. The third kappa shape index (κ3) is 3.04. The van der Waals surface area contributed by atoms with Crippen molar-refractivity contribution in [2.75, 3.05) is 7.05 Å². The van der Waals surface area contributed by atoms with E-state index in [0.717, 1.165) is 17.9 Å². The van der Waals surface area contributed by atoms with Crippen LogP contribution in [-0.4, -0.2) is 7.05 Å². The van der Waals surface area contributed by atoms with Crippen molar-refractivity contribution >= 4 is 11.6 Å². The van der Waals surface area contributed by atoms with Crippen LogP contribution in [0.25, 0.3) is 0 Å². The van der Waals surface area contributed by atoms with E-state index >= 15 is 0 Å². The van der Waals surface area contributed by atoms with Gasteiger partial charge in [-0.2, -0.15) is 0 Å². The second kappa shape index (κ2) is 6.03. The molecule has 0 amide bonds. The summed E-state index contributed by atoms with van der Waals surface area (Å²) in [5.41, 5.74) is 1.70. The number of aryl methyl sites for hydroxylation is 1. The molecule has 0 radical (unpaired) electrons. The van der Waals surface area contributed by atoms with Crippen LogP contribution in [0.5, 0.6) is 0 Å². The molecule has 1 aliphatic rings. The van der Waals surface area contributed by atoms with E-state index in [4.69, 9.17) is 11.6 Å². The molecule has 3 heteroatoms. The van der Waals surface area contributed by atoms with E-state index < -0.39 is 0 Å². The molecule has 0 heterocycles. The van der Waals surface area contributed by atoms with E-state index in [1.54, 1.807) is 6.92 Å². The zero-order valence-electron chi connectivity index (χ0n) is 11.1. The van der Waals surface area contributed by atoms with Crippen molar-refractivity contribution in [2.24, 2.45) is 5.92 Å². The smallest absolute Gasteiger partial charge is 0.127 e. The maximum absolute atomic E-state index is 13.4. The van der Waals surface area contributed by atoms with Crippen molar-refractivity contribution in [1.82, 2.24) is 5.32 Å². The van der Waals surface area contributed by atoms with Gasteiger partial charge >= 0.3 is 0 Å². The molecule has 0 saturated heterocycles. The molecular formula is C15H21ClFN. The fourth-order valence-electron chi connectivity index (χ4n) is 2.93. The fraction of sp³-hybridized carbons (Fsp3) is 0.600. The lowest BCUT2D eigenvalue weighted by Gasteiger charge is -2.22. The topological polar surface area (TPSA) is 12.0 Å². The summed E-state index contributed by atoms with van der Waals surface area (Å²) in [5, 5.41) is 3.86. The molecular weight excluding hydrogens is 249 g/mol. The molecule has 1 aliphatic carbocycles. The highest BCUT2D eigenvalue weighted by Crippen LogP contribution is 2.35. The lowest BCUT2D eigenvalue weighted by Crippen LogP contribution is -2.19. The van der Waals surface area contributed by atoms with Gasteiger partial charge in [-0.05, 0) is 43.5 Å². The van der Waals surface area contributed by atoms with Crippen LogP contribution in [0, 0.1) is 18.7 Å². The number of benzene rings is 1. The van der Waals surface area contributed by atoms with E-state index in [1.165, 1.54) is 31.7 Å². The predicted octanol–water partition coefficient (Wildman–Crippen LogP) is 4.63. The molecule has 0 bridgehead atoms. The minimum absolute atomic E-state index is 0.223. The molecule has 0 spiro atoms. The van der Waals surface area contributed by atoms with Crippen LogP contribution in [-0.2, 0) is 0 Å². The van der Waals surface area contributed by atoms with Crippen LogP contribution in [0.3, 0.4) is 0 Å². The Morgan fingerprint density at radius 2 is 2.06 bits per heavy atom. The van der Waals surface area contributed by atoms with Crippen molar-refractivity contribution in [3.8, 4) is 0 Å². The van der Waals surface area contributed by atoms with Gasteiger partial charge in [0.1, 0.15) is 5.82 Å². The first-order chi connectivity index (χ1) is 8.61. The van der Waals surface area contributed by atoms with Crippen molar-refractivity contribution in [3.05, 3.63) is 34.1 Å². The first kappa shape index (κ1) is 13.8. The summed E-state index contributed by atoms with van der Waals surface area (Å²) in [7, 11) is 1.95. The molecule has 1 atom stereocenters. The van der Waals surface area contributed by atoms with E-state index in [-0.39, 0.29) is 11.9 Å². The average molecular weight is 270 g/mol. The minimum atomic E-state index is -0.223. The second-order valence-electron chi connectivity index (χ2n) is 5.35. The third-order valence-electron chi connectivity index (χ3n) is 4.05. The molecule has 1 saturated carbocycles. The van der Waals surface area contributed by atoms with Crippen LogP contribution in [0.1, 0.15) is 49.3 Å². The predicted molar refractivity (Wildman–Crippen MR) is 74.5 cm³/mol. The van der Waals surface area contributed by atoms with Gasteiger partial charge in [-0.25, -0.2) is 4.39 Å². The maximum atomic E-state index is 13.4. The summed E-state index contributed by atoms with van der Waals surface area (Å²) in [4.78, 5) is 0. The molecule has 1 fully saturated rings. The average Bonchev–Trinajstić information content (AvgIpc) is 2.84. The number of hydrogen-bond donors (Lipinski definition) is 1. The van der Waals surface area contributed by atoms with Gasteiger partial charge in [0.25, 0.3) is 0 Å². The van der Waals surface area contributed by atoms with Crippen LogP contribution >= 0.6 is 11.6 Å². The van der Waals surface area contributed by atoms with Crippen molar-refractivity contribution in [2.45, 2.75) is 45.1 Å². The quantitative estimate of drug-likeness (QED) is 0.840. The Kier molecular flexibility index (Phi) is 4.63. The van der Waals surface area contributed by atoms with Gasteiger partial charge in [-0.3, -0.25) is 0 Å². The number of hydrogen-bond acceptors (Lipinski definition) is 1. The minimum Gasteiger partial charge on any atom is -0.313 e. The third-order valence-corrected chi connectivity index (χ3v) is 4.37. The standard InChI is InChI=1S/C15H21ClFN/c1-10-7-12(13(16)9-14(10)17)15(18-2)8-11-5-3-4-6-11/h7,9,11,15,18H,3-6,8H2,1-2H3. The summed E-state index contributed by atoms with van der Waals surface area (Å²) in [6.07, 6.45) is 6.42. The molecule has 0 aromatic heterocycles. The highest BCUT2D eigenvalue weighted by Gasteiger charge is 2.22. The number of nitrogens with one attached hydrogen (secondary N) is 1. The van der Waals surface area contributed by atoms with Gasteiger partial charge in [-0.1, -0.05) is 43.4 Å². The Hall–Kier alpha value is -0.600. The maximum Gasteiger partial charge on any atom is 0.127 e. The van der Waals surface area contributed by atoms with Gasteiger partial charge in [0, 0.05) is 11.1 Å². The highest BCUT2D eigenvalue weighted by molar-refractivity contribution is 6.31. The molecule has 1 aromatic rings. The van der Waals surface area contributed by atoms with Crippen LogP contribution < -0.4 is 5.32 Å². The van der Waals surface area contributed by atoms with Crippen molar-refractivity contribution in [3.63, 3.8) is 0 Å². The van der Waals surface area contributed by atoms with Gasteiger partial charge in [0.05, 0.1) is 0 Å². The molecule has 1 nitrogen and oxygen atoms in total. The fourth-order valence-corrected chi connectivity index (χ4v) is 3.21. The molecule has 2 rings (SSSR count). The Morgan fingerprint density at radius 1 is 1.39 bits per heavy atom. The van der Waals surface area contributed by atoms with Gasteiger partial charge in [0.15, 0.2) is 0 Å². The summed E-state index contributed by atoms with van der Waals surface area (Å²) in [6.45, 7) is 1.79. The SMILES string of the molecule is CNC(CC1CCCC1)c1cc(C)c(F)cc1Cl. The van der Waals surface area contributed by atoms with Gasteiger partial charge in [-0.15, -0.1) is 0 Å². The number of halogens is 2. The molecule has 0 aliphatic heterocycles. The van der Waals surface area contributed by atoms with Gasteiger partial charge < -0.3 is 5.32 Å². The van der Waals surface area contributed by atoms with Crippen molar-refractivity contribution < 1.29 is 4.39 Å². The lowest BCUT2D eigenvalue weighted by molar-refractivity contribution is 0.413. The first-order valence-corrected chi connectivity index (χ1v) is 7.12. The zero-order valence-corrected chi connectivity index (χ0v) is 11.9. The Labute approximate surface area is 114 Å². The number of rotatable bonds is 4. The van der Waals surface area contributed by atoms with E-state index in [9.17, 15) is 4.39 Å². The Bertz CT molecular complexity index is 413. The zero-order chi connectivity index (χ0) is 13.1. The summed E-state index contributed by atoms with van der Waals surface area (Å²) < 4.78 is 13.4. The van der Waals surface area contributed by atoms with Crippen LogP contribution in [0.15, 0.2) is 12.1 Å². The highest BCUT2D eigenvalue weighted by atomic mass is 35.5. The van der Waals surface area contributed by atoms with Crippen LogP contribution in [0.2, 0.25) is 5.02 Å². The van der Waals surface area contributed by atoms with Gasteiger partial charge in [0.2, 0.25) is 0 Å². The summed E-state index contributed by atoms with van der Waals surface area (Å²) in [5.74, 6) is 0.559. The Morgan fingerprint density at radius 3 is 2.67 bits per heavy atom. The molecule has 1 aromatic carbocycles.